The quantitative estimate of drug-likeness (QED) is 0.263. The van der Waals surface area contributed by atoms with Crippen molar-refractivity contribution in [3.05, 3.63) is 42.6 Å². The molecule has 10 heteroatoms. The van der Waals surface area contributed by atoms with Gasteiger partial charge in [0.05, 0.1) is 35.4 Å². The molecule has 2 N–H and O–H groups in total. The highest BCUT2D eigenvalue weighted by atomic mass is 28.4. The summed E-state index contributed by atoms with van der Waals surface area (Å²) in [7, 11) is -0.0239. The molecule has 2 atom stereocenters. The topological polar surface area (TPSA) is 97.4 Å². The second-order valence-electron chi connectivity index (χ2n) is 13.1. The van der Waals surface area contributed by atoms with E-state index in [1.165, 1.54) is 17.7 Å². The maximum Gasteiger partial charge on any atom is 0.407 e. The molecule has 6 rings (SSSR count). The molecule has 1 aliphatic carbocycles. The van der Waals surface area contributed by atoms with Gasteiger partial charge in [-0.2, -0.15) is 0 Å². The molecular weight excluding hydrogens is 520 g/mol. The molecule has 1 aromatic carbocycles. The van der Waals surface area contributed by atoms with Gasteiger partial charge in [0, 0.05) is 37.4 Å². The number of fused-ring (bicyclic) bond motifs is 2. The monoisotopic (exact) mass is 560 g/mol. The lowest BCUT2D eigenvalue weighted by molar-refractivity contribution is 0.141. The fourth-order valence-electron chi connectivity index (χ4n) is 5.49. The zero-order valence-corrected chi connectivity index (χ0v) is 25.3. The number of benzene rings is 1. The number of nitrogens with zero attached hydrogens (tertiary/aromatic N) is 5. The number of rotatable bonds is 7. The van der Waals surface area contributed by atoms with Gasteiger partial charge in [0.25, 0.3) is 0 Å². The predicted molar refractivity (Wildman–Crippen MR) is 161 cm³/mol. The molecule has 2 fully saturated rings. The number of imidazole rings is 1. The number of likely N-dealkylation sites (tertiary alicyclic amines) is 1. The highest BCUT2D eigenvalue weighted by molar-refractivity contribution is 6.74. The predicted octanol–water partition coefficient (Wildman–Crippen LogP) is 6.16. The minimum Gasteiger partial charge on any atom is -0.465 e. The molecule has 2 aliphatic rings. The Kier molecular flexibility index (Phi) is 6.45. The number of hydrogen-bond donors (Lipinski definition) is 2. The number of anilines is 1. The zero-order chi connectivity index (χ0) is 28.4. The Morgan fingerprint density at radius 3 is 2.65 bits per heavy atom. The summed E-state index contributed by atoms with van der Waals surface area (Å²) >= 11 is 0. The lowest BCUT2D eigenvalue weighted by Crippen LogP contribution is -2.48. The molecule has 9 nitrogen and oxygen atoms in total. The van der Waals surface area contributed by atoms with Crippen molar-refractivity contribution in [3.63, 3.8) is 0 Å². The molecule has 1 aliphatic heterocycles. The molecule has 4 aromatic rings. The van der Waals surface area contributed by atoms with Gasteiger partial charge in [-0.25, -0.2) is 14.8 Å². The Hall–Kier alpha value is -3.37. The number of hydrogen-bond acceptors (Lipinski definition) is 5. The van der Waals surface area contributed by atoms with E-state index in [0.717, 1.165) is 45.8 Å². The van der Waals surface area contributed by atoms with Crippen molar-refractivity contribution in [1.82, 2.24) is 24.0 Å². The second-order valence-corrected chi connectivity index (χ2v) is 17.8. The van der Waals surface area contributed by atoms with Gasteiger partial charge in [-0.15, -0.1) is 0 Å². The Labute approximate surface area is 236 Å². The van der Waals surface area contributed by atoms with Crippen LogP contribution in [0.2, 0.25) is 18.1 Å². The number of nitrogens with one attached hydrogen (secondary N) is 1. The maximum absolute atomic E-state index is 11.9. The molecule has 0 bridgehead atoms. The van der Waals surface area contributed by atoms with E-state index in [4.69, 9.17) is 14.4 Å². The minimum absolute atomic E-state index is 0.0367. The van der Waals surface area contributed by atoms with Crippen molar-refractivity contribution < 1.29 is 14.3 Å². The van der Waals surface area contributed by atoms with Crippen molar-refractivity contribution in [1.29, 1.82) is 0 Å². The Balaban J connectivity index is 1.31. The number of pyridine rings is 1. The molecule has 40 heavy (non-hydrogen) atoms. The van der Waals surface area contributed by atoms with Gasteiger partial charge < -0.3 is 28.9 Å². The molecule has 0 spiro atoms. The van der Waals surface area contributed by atoms with Gasteiger partial charge in [0.2, 0.25) is 0 Å². The minimum atomic E-state index is -2.09. The van der Waals surface area contributed by atoms with E-state index in [9.17, 15) is 9.90 Å². The standard InChI is InChI=1S/C30H40N6O3Si/c1-30(2,3)40(5,6)39-26-18-35(29(37)38)17-23(26)32-21-11-12-24-22(15-21)33-28(34(24)4)25-14-20-8-7-13-31-27(20)36(25)16-19-9-10-19/h7-8,11-15,19,23,26,32H,9-10,16-18H2,1-6H3,(H,37,38)/t23-,26+/m0/s1. The van der Waals surface area contributed by atoms with Crippen LogP contribution in [-0.4, -0.2) is 68.8 Å². The van der Waals surface area contributed by atoms with E-state index in [1.54, 1.807) is 0 Å². The largest absolute Gasteiger partial charge is 0.465 e. The lowest BCUT2D eigenvalue weighted by Gasteiger charge is -2.39. The van der Waals surface area contributed by atoms with Crippen LogP contribution < -0.4 is 5.32 Å². The Bertz CT molecular complexity index is 1580. The summed E-state index contributed by atoms with van der Waals surface area (Å²) < 4.78 is 11.2. The van der Waals surface area contributed by atoms with E-state index in [0.29, 0.717) is 19.0 Å². The summed E-state index contributed by atoms with van der Waals surface area (Å²) in [4.78, 5) is 23.1. The molecule has 3 aromatic heterocycles. The SMILES string of the molecule is Cn1c(-c2cc3cccnc3n2CC2CC2)nc2cc(N[C@H]3CN(C(=O)O)C[C@H]3O[Si](C)(C)C(C)(C)C)ccc21. The summed E-state index contributed by atoms with van der Waals surface area (Å²) in [6.07, 6.45) is 3.28. The second kappa shape index (κ2) is 9.62. The summed E-state index contributed by atoms with van der Waals surface area (Å²) in [6.45, 7) is 12.8. The third kappa shape index (κ3) is 4.87. The lowest BCUT2D eigenvalue weighted by atomic mass is 10.2. The highest BCUT2D eigenvalue weighted by Crippen LogP contribution is 2.39. The fourth-order valence-corrected chi connectivity index (χ4v) is 6.84. The molecule has 212 valence electrons. The summed E-state index contributed by atoms with van der Waals surface area (Å²) in [5, 5.41) is 14.5. The number of aryl methyl sites for hydroxylation is 1. The van der Waals surface area contributed by atoms with Gasteiger partial charge in [-0.3, -0.25) is 0 Å². The highest BCUT2D eigenvalue weighted by Gasteiger charge is 2.44. The van der Waals surface area contributed by atoms with Crippen LogP contribution in [0.1, 0.15) is 33.6 Å². The average Bonchev–Trinajstić information content (AvgIpc) is 3.39. The molecule has 1 saturated heterocycles. The molecule has 4 heterocycles. The van der Waals surface area contributed by atoms with Crippen LogP contribution in [0.5, 0.6) is 0 Å². The Morgan fingerprint density at radius 2 is 1.95 bits per heavy atom. The molecule has 1 amide bonds. The van der Waals surface area contributed by atoms with Crippen LogP contribution in [0.4, 0.5) is 10.5 Å². The summed E-state index contributed by atoms with van der Waals surface area (Å²) in [6, 6.07) is 12.4. The third-order valence-corrected chi connectivity index (χ3v) is 13.5. The van der Waals surface area contributed by atoms with E-state index >= 15 is 0 Å². The molecular formula is C30H40N6O3Si. The van der Waals surface area contributed by atoms with Gasteiger partial charge in [-0.1, -0.05) is 20.8 Å². The summed E-state index contributed by atoms with van der Waals surface area (Å²) in [5.41, 5.74) is 4.96. The first-order valence-corrected chi connectivity index (χ1v) is 17.2. The first kappa shape index (κ1) is 26.8. The first-order valence-electron chi connectivity index (χ1n) is 14.2. The van der Waals surface area contributed by atoms with Crippen LogP contribution in [0.3, 0.4) is 0 Å². The van der Waals surface area contributed by atoms with E-state index < -0.39 is 14.4 Å². The Morgan fingerprint density at radius 1 is 1.18 bits per heavy atom. The van der Waals surface area contributed by atoms with Gasteiger partial charge in [0.15, 0.2) is 14.1 Å². The zero-order valence-electron chi connectivity index (χ0n) is 24.3. The van der Waals surface area contributed by atoms with Crippen molar-refractivity contribution in [2.45, 2.75) is 70.4 Å². The first-order chi connectivity index (χ1) is 18.9. The summed E-state index contributed by atoms with van der Waals surface area (Å²) in [5.74, 6) is 1.63. The fraction of sp³-hybridized carbons (Fsp3) is 0.500. The van der Waals surface area contributed by atoms with E-state index in [-0.39, 0.29) is 17.2 Å². The molecule has 1 saturated carbocycles. The number of carbonyl (C=O) groups is 1. The number of carboxylic acid groups (broad SMARTS) is 1. The van der Waals surface area contributed by atoms with Crippen molar-refractivity contribution in [3.8, 4) is 11.5 Å². The van der Waals surface area contributed by atoms with E-state index in [1.807, 2.05) is 12.3 Å². The normalized spacial score (nSPS) is 20.1. The van der Waals surface area contributed by atoms with Crippen LogP contribution in [0.15, 0.2) is 42.6 Å². The van der Waals surface area contributed by atoms with Gasteiger partial charge >= 0.3 is 6.09 Å². The van der Waals surface area contributed by atoms with Crippen LogP contribution in [0, 0.1) is 5.92 Å². The average molecular weight is 561 g/mol. The van der Waals surface area contributed by atoms with Crippen LogP contribution in [0.25, 0.3) is 33.6 Å². The van der Waals surface area contributed by atoms with Crippen LogP contribution >= 0.6 is 0 Å². The van der Waals surface area contributed by atoms with Crippen LogP contribution in [-0.2, 0) is 18.0 Å². The smallest absolute Gasteiger partial charge is 0.407 e. The third-order valence-electron chi connectivity index (χ3n) is 9.04. The molecule has 0 radical (unpaired) electrons. The molecule has 0 unspecified atom stereocenters. The van der Waals surface area contributed by atoms with Gasteiger partial charge in [0.1, 0.15) is 5.65 Å². The van der Waals surface area contributed by atoms with E-state index in [2.05, 4.69) is 85.7 Å². The number of aromatic nitrogens is 4. The number of amides is 1. The van der Waals surface area contributed by atoms with Gasteiger partial charge in [-0.05, 0) is 73.3 Å². The van der Waals surface area contributed by atoms with Crippen molar-refractivity contribution >= 4 is 42.2 Å². The van der Waals surface area contributed by atoms with Crippen molar-refractivity contribution in [2.75, 3.05) is 18.4 Å². The van der Waals surface area contributed by atoms with Crippen molar-refractivity contribution in [2.24, 2.45) is 13.0 Å². The maximum atomic E-state index is 11.9.